The molecule has 1 aromatic carbocycles. The first-order valence-electron chi connectivity index (χ1n) is 7.61. The maximum absolute atomic E-state index is 12.9. The van der Waals surface area contributed by atoms with Crippen molar-refractivity contribution in [3.05, 3.63) is 29.8 Å². The van der Waals surface area contributed by atoms with Crippen LogP contribution in [0.1, 0.15) is 12.5 Å². The molecule has 0 aliphatic rings. The van der Waals surface area contributed by atoms with Crippen molar-refractivity contribution in [2.24, 2.45) is 0 Å². The van der Waals surface area contributed by atoms with Crippen molar-refractivity contribution in [3.63, 3.8) is 0 Å². The van der Waals surface area contributed by atoms with Gasteiger partial charge in [-0.15, -0.1) is 0 Å². The molecule has 1 amide bonds. The first kappa shape index (κ1) is 20.9. The van der Waals surface area contributed by atoms with E-state index in [1.54, 1.807) is 6.92 Å². The predicted octanol–water partition coefficient (Wildman–Crippen LogP) is 2.16. The van der Waals surface area contributed by atoms with Gasteiger partial charge in [-0.25, -0.2) is 0 Å². The summed E-state index contributed by atoms with van der Waals surface area (Å²) in [5, 5.41) is 2.24. The Kier molecular flexibility index (Phi) is 8.36. The number of carbonyl (C=O) groups is 2. The van der Waals surface area contributed by atoms with Crippen LogP contribution in [0.3, 0.4) is 0 Å². The zero-order valence-electron chi connectivity index (χ0n) is 14.1. The first-order chi connectivity index (χ1) is 11.8. The van der Waals surface area contributed by atoms with Crippen LogP contribution in [-0.2, 0) is 25.2 Å². The lowest BCUT2D eigenvalue weighted by Gasteiger charge is -2.21. The molecule has 0 fully saturated rings. The average molecular weight is 362 g/mol. The summed E-state index contributed by atoms with van der Waals surface area (Å²) in [6.45, 7) is 1.93. The molecule has 0 bridgehead atoms. The topological polar surface area (TPSA) is 67.9 Å². The number of ether oxygens (including phenoxy) is 2. The van der Waals surface area contributed by atoms with Crippen molar-refractivity contribution >= 4 is 17.6 Å². The molecule has 0 heterocycles. The maximum atomic E-state index is 12.9. The van der Waals surface area contributed by atoms with E-state index in [0.717, 1.165) is 6.07 Å². The normalized spacial score (nSPS) is 11.4. The molecule has 0 aliphatic carbocycles. The average Bonchev–Trinajstić information content (AvgIpc) is 2.52. The number of carbonyl (C=O) groups excluding carboxylic acids is 2. The van der Waals surface area contributed by atoms with Gasteiger partial charge in [0.05, 0.1) is 37.6 Å². The van der Waals surface area contributed by atoms with E-state index < -0.39 is 23.6 Å². The van der Waals surface area contributed by atoms with E-state index in [-0.39, 0.29) is 38.5 Å². The molecule has 25 heavy (non-hydrogen) atoms. The number of esters is 1. The monoisotopic (exact) mass is 362 g/mol. The molecule has 6 nitrogen and oxygen atoms in total. The van der Waals surface area contributed by atoms with Gasteiger partial charge in [-0.1, -0.05) is 12.1 Å². The minimum absolute atomic E-state index is 0.161. The lowest BCUT2D eigenvalue weighted by atomic mass is 10.1. The van der Waals surface area contributed by atoms with Crippen molar-refractivity contribution < 1.29 is 32.2 Å². The van der Waals surface area contributed by atoms with E-state index in [0.29, 0.717) is 0 Å². The van der Waals surface area contributed by atoms with E-state index in [1.807, 2.05) is 0 Å². The molecule has 1 aromatic rings. The summed E-state index contributed by atoms with van der Waals surface area (Å²) in [5.41, 5.74) is -1.26. The SMILES string of the molecule is CCOC(=O)CN(CCOC)CC(=O)Nc1ccccc1C(F)(F)F. The fraction of sp³-hybridized carbons (Fsp3) is 0.500. The zero-order chi connectivity index (χ0) is 18.9. The summed E-state index contributed by atoms with van der Waals surface area (Å²) in [6, 6.07) is 4.69. The summed E-state index contributed by atoms with van der Waals surface area (Å²) in [6.07, 6.45) is -4.58. The van der Waals surface area contributed by atoms with Crippen LogP contribution in [0, 0.1) is 0 Å². The van der Waals surface area contributed by atoms with E-state index in [1.165, 1.54) is 30.2 Å². The van der Waals surface area contributed by atoms with Crippen LogP contribution < -0.4 is 5.32 Å². The Morgan fingerprint density at radius 3 is 2.48 bits per heavy atom. The molecule has 0 unspecified atom stereocenters. The minimum atomic E-state index is -4.58. The molecule has 140 valence electrons. The number of amides is 1. The smallest absolute Gasteiger partial charge is 0.418 e. The maximum Gasteiger partial charge on any atom is 0.418 e. The van der Waals surface area contributed by atoms with E-state index in [4.69, 9.17) is 9.47 Å². The Morgan fingerprint density at radius 2 is 1.88 bits per heavy atom. The molecular formula is C16H21F3N2O4. The Hall–Kier alpha value is -2.13. The van der Waals surface area contributed by atoms with Gasteiger partial charge in [0.15, 0.2) is 0 Å². The second-order valence-electron chi connectivity index (χ2n) is 5.10. The summed E-state index contributed by atoms with van der Waals surface area (Å²) < 4.78 is 48.6. The third kappa shape index (κ3) is 7.53. The summed E-state index contributed by atoms with van der Waals surface area (Å²) in [7, 11) is 1.46. The number of rotatable bonds is 9. The summed E-state index contributed by atoms with van der Waals surface area (Å²) in [5.74, 6) is -1.20. The molecule has 0 aliphatic heterocycles. The van der Waals surface area contributed by atoms with Crippen molar-refractivity contribution in [2.75, 3.05) is 45.3 Å². The highest BCUT2D eigenvalue weighted by molar-refractivity contribution is 5.93. The van der Waals surface area contributed by atoms with Crippen LogP contribution in [0.5, 0.6) is 0 Å². The van der Waals surface area contributed by atoms with E-state index in [2.05, 4.69) is 5.32 Å². The lowest BCUT2D eigenvalue weighted by molar-refractivity contribution is -0.144. The first-order valence-corrected chi connectivity index (χ1v) is 7.61. The molecule has 0 radical (unpaired) electrons. The standard InChI is InChI=1S/C16H21F3N2O4/c1-3-25-15(23)11-21(8-9-24-2)10-14(22)20-13-7-5-4-6-12(13)16(17,18)19/h4-7H,3,8-11H2,1-2H3,(H,20,22). The predicted molar refractivity (Wildman–Crippen MR) is 85.0 cm³/mol. The number of hydrogen-bond donors (Lipinski definition) is 1. The van der Waals surface area contributed by atoms with E-state index >= 15 is 0 Å². The fourth-order valence-corrected chi connectivity index (χ4v) is 2.06. The number of halogens is 3. The second kappa shape index (κ2) is 10.00. The number of nitrogens with zero attached hydrogens (tertiary/aromatic N) is 1. The molecule has 0 saturated carbocycles. The Balaban J connectivity index is 2.76. The van der Waals surface area contributed by atoms with Crippen molar-refractivity contribution in [1.82, 2.24) is 4.90 Å². The summed E-state index contributed by atoms with van der Waals surface area (Å²) >= 11 is 0. The highest BCUT2D eigenvalue weighted by Crippen LogP contribution is 2.34. The molecule has 0 spiro atoms. The van der Waals surface area contributed by atoms with Gasteiger partial charge < -0.3 is 14.8 Å². The van der Waals surface area contributed by atoms with Crippen LogP contribution >= 0.6 is 0 Å². The number of alkyl halides is 3. The van der Waals surface area contributed by atoms with Crippen LogP contribution in [0.25, 0.3) is 0 Å². The van der Waals surface area contributed by atoms with Gasteiger partial charge in [0, 0.05) is 13.7 Å². The van der Waals surface area contributed by atoms with Gasteiger partial charge in [-0.05, 0) is 19.1 Å². The van der Waals surface area contributed by atoms with Gasteiger partial charge in [0.2, 0.25) is 5.91 Å². The van der Waals surface area contributed by atoms with Crippen molar-refractivity contribution in [3.8, 4) is 0 Å². The molecule has 9 heteroatoms. The Morgan fingerprint density at radius 1 is 1.20 bits per heavy atom. The van der Waals surface area contributed by atoms with Crippen molar-refractivity contribution in [1.29, 1.82) is 0 Å². The van der Waals surface area contributed by atoms with Gasteiger partial charge >= 0.3 is 12.1 Å². The number of methoxy groups -OCH3 is 1. The molecule has 1 N–H and O–H groups in total. The quantitative estimate of drug-likeness (QED) is 0.682. The number of anilines is 1. The van der Waals surface area contributed by atoms with Crippen molar-refractivity contribution in [2.45, 2.75) is 13.1 Å². The van der Waals surface area contributed by atoms with Crippen LogP contribution in [0.2, 0.25) is 0 Å². The number of para-hydroxylation sites is 1. The van der Waals surface area contributed by atoms with E-state index in [9.17, 15) is 22.8 Å². The van der Waals surface area contributed by atoms with Gasteiger partial charge in [-0.3, -0.25) is 14.5 Å². The lowest BCUT2D eigenvalue weighted by Crippen LogP contribution is -2.39. The molecule has 0 atom stereocenters. The van der Waals surface area contributed by atoms with Crippen LogP contribution in [0.4, 0.5) is 18.9 Å². The van der Waals surface area contributed by atoms with Crippen LogP contribution in [0.15, 0.2) is 24.3 Å². The molecule has 0 aromatic heterocycles. The zero-order valence-corrected chi connectivity index (χ0v) is 14.1. The fourth-order valence-electron chi connectivity index (χ4n) is 2.06. The number of hydrogen-bond acceptors (Lipinski definition) is 5. The van der Waals surface area contributed by atoms with Gasteiger partial charge in [0.1, 0.15) is 0 Å². The Bertz CT molecular complexity index is 579. The van der Waals surface area contributed by atoms with Gasteiger partial charge in [-0.2, -0.15) is 13.2 Å². The highest BCUT2D eigenvalue weighted by Gasteiger charge is 2.33. The number of benzene rings is 1. The third-order valence-electron chi connectivity index (χ3n) is 3.14. The second-order valence-corrected chi connectivity index (χ2v) is 5.10. The highest BCUT2D eigenvalue weighted by atomic mass is 19.4. The summed E-state index contributed by atoms with van der Waals surface area (Å²) in [4.78, 5) is 25.1. The third-order valence-corrected chi connectivity index (χ3v) is 3.14. The van der Waals surface area contributed by atoms with Gasteiger partial charge in [0.25, 0.3) is 0 Å². The molecule has 1 rings (SSSR count). The number of nitrogens with one attached hydrogen (secondary N) is 1. The Labute approximate surface area is 143 Å². The largest absolute Gasteiger partial charge is 0.465 e. The minimum Gasteiger partial charge on any atom is -0.465 e. The van der Waals surface area contributed by atoms with Crippen LogP contribution in [-0.4, -0.2) is 56.7 Å². The molecule has 0 saturated heterocycles. The molecular weight excluding hydrogens is 341 g/mol.